The van der Waals surface area contributed by atoms with E-state index >= 15 is 0 Å². The highest BCUT2D eigenvalue weighted by molar-refractivity contribution is 6.29. The molecule has 0 aliphatic carbocycles. The second-order valence-corrected chi connectivity index (χ2v) is 2.60. The Bertz CT molecular complexity index is 343. The van der Waals surface area contributed by atoms with Crippen LogP contribution in [0.15, 0.2) is 29.3 Å². The van der Waals surface area contributed by atoms with Gasteiger partial charge in [-0.1, -0.05) is 23.8 Å². The normalized spacial score (nSPS) is 10.8. The van der Waals surface area contributed by atoms with E-state index in [0.717, 1.165) is 0 Å². The molecule has 1 heterocycles. The zero-order valence-corrected chi connectivity index (χ0v) is 7.45. The van der Waals surface area contributed by atoms with Crippen molar-refractivity contribution >= 4 is 11.6 Å². The maximum atomic E-state index is 11.2. The molecule has 0 fully saturated rings. The van der Waals surface area contributed by atoms with Crippen molar-refractivity contribution in [3.05, 3.63) is 40.1 Å². The number of hydrogen-bond donors (Lipinski definition) is 0. The Hall–Kier alpha value is -1.09. The number of allylic oxidation sites excluding steroid dienone is 2. The van der Waals surface area contributed by atoms with Crippen LogP contribution >= 0.6 is 11.6 Å². The molecule has 0 atom stereocenters. The molecule has 64 valence electrons. The van der Waals surface area contributed by atoms with Gasteiger partial charge in [0.15, 0.2) is 5.15 Å². The molecule has 1 aromatic heterocycles. The summed E-state index contributed by atoms with van der Waals surface area (Å²) in [5, 5.41) is 0.0157. The van der Waals surface area contributed by atoms with Crippen molar-refractivity contribution in [2.24, 2.45) is 0 Å². The zero-order chi connectivity index (χ0) is 8.97. The first kappa shape index (κ1) is 9.00. The molecule has 0 radical (unpaired) electrons. The second-order valence-electron chi connectivity index (χ2n) is 2.24. The molecule has 0 aromatic carbocycles. The summed E-state index contributed by atoms with van der Waals surface area (Å²) in [5.74, 6) is 0. The number of hydrogen-bond acceptors (Lipinski definition) is 2. The van der Waals surface area contributed by atoms with Gasteiger partial charge in [-0.3, -0.25) is 4.79 Å². The predicted molar refractivity (Wildman–Crippen MR) is 48.3 cm³/mol. The third-order valence-electron chi connectivity index (χ3n) is 1.41. The molecule has 0 saturated carbocycles. The first-order valence-electron chi connectivity index (χ1n) is 3.58. The Morgan fingerprint density at radius 2 is 2.50 bits per heavy atom. The van der Waals surface area contributed by atoms with E-state index in [1.165, 1.54) is 10.8 Å². The highest BCUT2D eigenvalue weighted by Crippen LogP contribution is 1.93. The van der Waals surface area contributed by atoms with E-state index in [1.54, 1.807) is 6.20 Å². The van der Waals surface area contributed by atoms with Crippen LogP contribution in [0.3, 0.4) is 0 Å². The van der Waals surface area contributed by atoms with Gasteiger partial charge in [0.05, 0.1) is 0 Å². The lowest BCUT2D eigenvalue weighted by Crippen LogP contribution is -2.19. The standard InChI is InChI=1S/C8H9ClN2O/c1-2-3-5-11-6-4-10-7(9)8(11)12/h2-4,6H,5H2,1H3/b3-2+. The molecule has 0 N–H and O–H groups in total. The molecule has 0 aliphatic heterocycles. The summed E-state index contributed by atoms with van der Waals surface area (Å²) in [4.78, 5) is 14.9. The monoisotopic (exact) mass is 184 g/mol. The van der Waals surface area contributed by atoms with Crippen molar-refractivity contribution in [3.8, 4) is 0 Å². The third-order valence-corrected chi connectivity index (χ3v) is 1.67. The largest absolute Gasteiger partial charge is 0.308 e. The average Bonchev–Trinajstić information content (AvgIpc) is 2.08. The summed E-state index contributed by atoms with van der Waals surface area (Å²) in [5.41, 5.74) is -0.253. The van der Waals surface area contributed by atoms with E-state index in [0.29, 0.717) is 6.54 Å². The molecule has 3 nitrogen and oxygen atoms in total. The van der Waals surface area contributed by atoms with Crippen LogP contribution in [-0.2, 0) is 6.54 Å². The quantitative estimate of drug-likeness (QED) is 0.653. The zero-order valence-electron chi connectivity index (χ0n) is 6.70. The van der Waals surface area contributed by atoms with Crippen LogP contribution in [0.1, 0.15) is 6.92 Å². The minimum Gasteiger partial charge on any atom is -0.308 e. The van der Waals surface area contributed by atoms with E-state index in [-0.39, 0.29) is 10.7 Å². The summed E-state index contributed by atoms with van der Waals surface area (Å²) in [7, 11) is 0. The topological polar surface area (TPSA) is 34.9 Å². The van der Waals surface area contributed by atoms with Crippen LogP contribution in [-0.4, -0.2) is 9.55 Å². The molecule has 0 spiro atoms. The molecule has 0 unspecified atom stereocenters. The number of rotatable bonds is 2. The van der Waals surface area contributed by atoms with Crippen molar-refractivity contribution in [1.29, 1.82) is 0 Å². The van der Waals surface area contributed by atoms with Gasteiger partial charge in [-0.15, -0.1) is 0 Å². The van der Waals surface area contributed by atoms with Crippen molar-refractivity contribution in [2.75, 3.05) is 0 Å². The van der Waals surface area contributed by atoms with Gasteiger partial charge in [0, 0.05) is 18.9 Å². The lowest BCUT2D eigenvalue weighted by molar-refractivity contribution is 0.766. The van der Waals surface area contributed by atoms with Gasteiger partial charge in [-0.05, 0) is 6.92 Å². The van der Waals surface area contributed by atoms with Gasteiger partial charge >= 0.3 is 0 Å². The first-order chi connectivity index (χ1) is 5.75. The van der Waals surface area contributed by atoms with Crippen LogP contribution in [0.4, 0.5) is 0 Å². The van der Waals surface area contributed by atoms with Crippen LogP contribution < -0.4 is 5.56 Å². The summed E-state index contributed by atoms with van der Waals surface area (Å²) in [6.07, 6.45) is 6.86. The van der Waals surface area contributed by atoms with Gasteiger partial charge in [0.1, 0.15) is 0 Å². The van der Waals surface area contributed by atoms with Crippen LogP contribution in [0.2, 0.25) is 5.15 Å². The van der Waals surface area contributed by atoms with Gasteiger partial charge in [-0.2, -0.15) is 0 Å². The number of halogens is 1. The lowest BCUT2D eigenvalue weighted by atomic mass is 10.5. The molecule has 0 aliphatic rings. The van der Waals surface area contributed by atoms with E-state index in [1.807, 2.05) is 19.1 Å². The summed E-state index contributed by atoms with van der Waals surface area (Å²) >= 11 is 5.52. The van der Waals surface area contributed by atoms with Crippen LogP contribution in [0.25, 0.3) is 0 Å². The Balaban J connectivity index is 3.00. The van der Waals surface area contributed by atoms with E-state index in [2.05, 4.69) is 4.98 Å². The van der Waals surface area contributed by atoms with Gasteiger partial charge in [0.25, 0.3) is 5.56 Å². The molecule has 0 bridgehead atoms. The summed E-state index contributed by atoms with van der Waals surface area (Å²) < 4.78 is 1.50. The highest BCUT2D eigenvalue weighted by atomic mass is 35.5. The van der Waals surface area contributed by atoms with Crippen LogP contribution in [0, 0.1) is 0 Å². The van der Waals surface area contributed by atoms with Crippen LogP contribution in [0.5, 0.6) is 0 Å². The fraction of sp³-hybridized carbons (Fsp3) is 0.250. The van der Waals surface area contributed by atoms with Crippen molar-refractivity contribution in [2.45, 2.75) is 13.5 Å². The summed E-state index contributed by atoms with van der Waals surface area (Å²) in [6.45, 7) is 2.44. The third kappa shape index (κ3) is 1.95. The van der Waals surface area contributed by atoms with E-state index < -0.39 is 0 Å². The Kier molecular flexibility index (Phi) is 3.05. The fourth-order valence-corrected chi connectivity index (χ4v) is 0.948. The number of nitrogens with zero attached hydrogens (tertiary/aromatic N) is 2. The fourth-order valence-electron chi connectivity index (χ4n) is 0.783. The Morgan fingerprint density at radius 3 is 3.17 bits per heavy atom. The molecule has 4 heteroatoms. The first-order valence-corrected chi connectivity index (χ1v) is 3.95. The average molecular weight is 185 g/mol. The maximum Gasteiger partial charge on any atom is 0.288 e. The van der Waals surface area contributed by atoms with E-state index in [9.17, 15) is 4.79 Å². The smallest absolute Gasteiger partial charge is 0.288 e. The Labute approximate surface area is 75.3 Å². The second kappa shape index (κ2) is 4.07. The predicted octanol–water partition coefficient (Wildman–Crippen LogP) is 1.47. The van der Waals surface area contributed by atoms with E-state index in [4.69, 9.17) is 11.6 Å². The lowest BCUT2D eigenvalue weighted by Gasteiger charge is -1.99. The highest BCUT2D eigenvalue weighted by Gasteiger charge is 1.98. The van der Waals surface area contributed by atoms with Gasteiger partial charge < -0.3 is 4.57 Å². The summed E-state index contributed by atoms with van der Waals surface area (Å²) in [6, 6.07) is 0. The maximum absolute atomic E-state index is 11.2. The number of aromatic nitrogens is 2. The molecular formula is C8H9ClN2O. The molecule has 0 saturated heterocycles. The van der Waals surface area contributed by atoms with Crippen molar-refractivity contribution in [3.63, 3.8) is 0 Å². The molecule has 1 rings (SSSR count). The molecule has 1 aromatic rings. The van der Waals surface area contributed by atoms with Gasteiger partial charge in [-0.25, -0.2) is 4.98 Å². The van der Waals surface area contributed by atoms with Gasteiger partial charge in [0.2, 0.25) is 0 Å². The molecular weight excluding hydrogens is 176 g/mol. The SMILES string of the molecule is C/C=C/Cn1ccnc(Cl)c1=O. The van der Waals surface area contributed by atoms with Crippen molar-refractivity contribution in [1.82, 2.24) is 9.55 Å². The minimum atomic E-state index is -0.253. The molecule has 0 amide bonds. The van der Waals surface area contributed by atoms with Crippen molar-refractivity contribution < 1.29 is 0 Å². The Morgan fingerprint density at radius 1 is 1.75 bits per heavy atom. The molecule has 12 heavy (non-hydrogen) atoms. The minimum absolute atomic E-state index is 0.0157.